The highest BCUT2D eigenvalue weighted by Gasteiger charge is 2.35. The quantitative estimate of drug-likeness (QED) is 0.168. The highest BCUT2D eigenvalue weighted by atomic mass is 16.6. The third kappa shape index (κ3) is 9.40. The van der Waals surface area contributed by atoms with E-state index in [0.717, 1.165) is 48.0 Å². The molecule has 2 amide bonds. The van der Waals surface area contributed by atoms with E-state index in [2.05, 4.69) is 15.5 Å². The number of alkyl carbamates (subject to hydrolysis) is 1. The molecular weight excluding hydrogens is 566 g/mol. The van der Waals surface area contributed by atoms with Crippen molar-refractivity contribution in [2.75, 3.05) is 26.9 Å². The highest BCUT2D eigenvalue weighted by molar-refractivity contribution is 5.99. The first kappa shape index (κ1) is 32.7. The van der Waals surface area contributed by atoms with Crippen LogP contribution in [0.4, 0.5) is 9.59 Å². The molecule has 3 aromatic rings. The number of benzene rings is 2. The van der Waals surface area contributed by atoms with E-state index in [1.165, 1.54) is 0 Å². The lowest BCUT2D eigenvalue weighted by Crippen LogP contribution is -2.46. The molecule has 0 aliphatic carbocycles. The number of nitrogens with zero attached hydrogens (tertiary/aromatic N) is 4. The zero-order valence-corrected chi connectivity index (χ0v) is 26.6. The van der Waals surface area contributed by atoms with Crippen molar-refractivity contribution in [1.82, 2.24) is 20.4 Å². The standard InChI is InChI=1S/C32H43N5O7/c1-31(2,3)42-29(38)34-28(35-30(39)43-32(4,5)6)37-16-10-11-25(37)27-33-26(36-44-27)23-13-12-22-20-24(15-14-21(22)19-23)41-18-9-8-17-40-7/h12-15,19-20,25H,8-11,16-18H2,1-7H3,(H,34,35,38,39)/t25-/m0/s1. The number of likely N-dealkylation sites (tertiary alicyclic amines) is 1. The van der Waals surface area contributed by atoms with Gasteiger partial charge in [0.15, 0.2) is 0 Å². The van der Waals surface area contributed by atoms with Crippen molar-refractivity contribution in [2.45, 2.75) is 84.5 Å². The molecule has 0 unspecified atom stereocenters. The van der Waals surface area contributed by atoms with Crippen LogP contribution in [-0.2, 0) is 14.2 Å². The number of guanidine groups is 1. The summed E-state index contributed by atoms with van der Waals surface area (Å²) in [6.07, 6.45) is 1.70. The van der Waals surface area contributed by atoms with E-state index < -0.39 is 29.4 Å². The van der Waals surface area contributed by atoms with Gasteiger partial charge in [0.1, 0.15) is 23.0 Å². The summed E-state index contributed by atoms with van der Waals surface area (Å²) in [7, 11) is 1.70. The molecule has 2 heterocycles. The van der Waals surface area contributed by atoms with Gasteiger partial charge in [0.2, 0.25) is 17.7 Å². The number of hydrogen-bond donors (Lipinski definition) is 1. The summed E-state index contributed by atoms with van der Waals surface area (Å²) in [6.45, 7) is 12.3. The summed E-state index contributed by atoms with van der Waals surface area (Å²) < 4.78 is 27.5. The maximum absolute atomic E-state index is 12.7. The molecule has 12 nitrogen and oxygen atoms in total. The summed E-state index contributed by atoms with van der Waals surface area (Å²) in [5.74, 6) is 1.59. The predicted octanol–water partition coefficient (Wildman–Crippen LogP) is 6.65. The number of rotatable bonds is 8. The van der Waals surface area contributed by atoms with Gasteiger partial charge >= 0.3 is 12.2 Å². The summed E-state index contributed by atoms with van der Waals surface area (Å²) in [5, 5.41) is 8.91. The molecule has 0 bridgehead atoms. The van der Waals surface area contributed by atoms with Gasteiger partial charge in [-0.1, -0.05) is 23.4 Å². The van der Waals surface area contributed by atoms with Crippen LogP contribution in [0.2, 0.25) is 0 Å². The number of carbonyl (C=O) groups is 2. The molecule has 1 saturated heterocycles. The van der Waals surface area contributed by atoms with Crippen LogP contribution in [0.25, 0.3) is 22.2 Å². The average molecular weight is 610 g/mol. The van der Waals surface area contributed by atoms with Gasteiger partial charge in [0.25, 0.3) is 0 Å². The number of ether oxygens (including phenoxy) is 4. The first-order valence-corrected chi connectivity index (χ1v) is 14.9. The topological polar surface area (TPSA) is 138 Å². The molecule has 1 atom stereocenters. The van der Waals surface area contributed by atoms with Crippen molar-refractivity contribution in [1.29, 1.82) is 0 Å². The number of carbonyl (C=O) groups excluding carboxylic acids is 2. The van der Waals surface area contributed by atoms with Crippen molar-refractivity contribution in [3.8, 4) is 17.1 Å². The van der Waals surface area contributed by atoms with Gasteiger partial charge in [-0.15, -0.1) is 4.99 Å². The monoisotopic (exact) mass is 609 g/mol. The summed E-state index contributed by atoms with van der Waals surface area (Å²) in [5.41, 5.74) is -0.715. The number of aromatic nitrogens is 2. The Labute approximate surface area is 258 Å². The lowest BCUT2D eigenvalue weighted by molar-refractivity contribution is 0.0553. The second-order valence-corrected chi connectivity index (χ2v) is 12.6. The summed E-state index contributed by atoms with van der Waals surface area (Å²) in [6, 6.07) is 11.5. The van der Waals surface area contributed by atoms with Gasteiger partial charge in [-0.05, 0) is 96.2 Å². The third-order valence-corrected chi connectivity index (χ3v) is 6.54. The number of aliphatic imine (C=N–C) groups is 1. The molecule has 44 heavy (non-hydrogen) atoms. The van der Waals surface area contributed by atoms with Crippen LogP contribution >= 0.6 is 0 Å². The third-order valence-electron chi connectivity index (χ3n) is 6.54. The highest BCUT2D eigenvalue weighted by Crippen LogP contribution is 2.33. The summed E-state index contributed by atoms with van der Waals surface area (Å²) >= 11 is 0. The molecule has 2 aromatic carbocycles. The Bertz CT molecular complexity index is 1470. The van der Waals surface area contributed by atoms with Crippen LogP contribution in [-0.4, -0.2) is 71.3 Å². The van der Waals surface area contributed by atoms with Crippen LogP contribution in [0.1, 0.15) is 79.2 Å². The van der Waals surface area contributed by atoms with E-state index in [9.17, 15) is 9.59 Å². The van der Waals surface area contributed by atoms with Gasteiger partial charge in [-0.25, -0.2) is 9.59 Å². The van der Waals surface area contributed by atoms with Gasteiger partial charge < -0.3 is 28.4 Å². The Hall–Kier alpha value is -4.19. The van der Waals surface area contributed by atoms with Gasteiger partial charge in [-0.2, -0.15) is 4.98 Å². The van der Waals surface area contributed by atoms with E-state index in [1.807, 2.05) is 36.4 Å². The van der Waals surface area contributed by atoms with Gasteiger partial charge in [0.05, 0.1) is 6.61 Å². The molecule has 1 N–H and O–H groups in total. The van der Waals surface area contributed by atoms with Crippen LogP contribution in [0.15, 0.2) is 45.9 Å². The van der Waals surface area contributed by atoms with Gasteiger partial charge in [0, 0.05) is 25.8 Å². The van der Waals surface area contributed by atoms with E-state index in [1.54, 1.807) is 53.6 Å². The molecule has 0 spiro atoms. The molecule has 1 fully saturated rings. The van der Waals surface area contributed by atoms with Crippen LogP contribution < -0.4 is 10.1 Å². The number of hydrogen-bond acceptors (Lipinski definition) is 9. The summed E-state index contributed by atoms with van der Waals surface area (Å²) in [4.78, 5) is 35.9. The fourth-order valence-electron chi connectivity index (χ4n) is 4.69. The average Bonchev–Trinajstić information content (AvgIpc) is 3.60. The fraction of sp³-hybridized carbons (Fsp3) is 0.531. The largest absolute Gasteiger partial charge is 0.494 e. The van der Waals surface area contributed by atoms with E-state index >= 15 is 0 Å². The smallest absolute Gasteiger partial charge is 0.437 e. The Kier molecular flexibility index (Phi) is 10.5. The second-order valence-electron chi connectivity index (χ2n) is 12.6. The number of nitrogens with one attached hydrogen (secondary N) is 1. The number of fused-ring (bicyclic) bond motifs is 1. The normalized spacial score (nSPS) is 15.8. The Balaban J connectivity index is 1.52. The molecule has 1 aromatic heterocycles. The Morgan fingerprint density at radius 2 is 1.70 bits per heavy atom. The van der Waals surface area contributed by atoms with E-state index in [4.69, 9.17) is 28.5 Å². The first-order valence-electron chi connectivity index (χ1n) is 14.9. The zero-order chi connectivity index (χ0) is 31.9. The maximum atomic E-state index is 12.7. The van der Waals surface area contributed by atoms with Crippen LogP contribution in [0.5, 0.6) is 5.75 Å². The number of unbranched alkanes of at least 4 members (excludes halogenated alkanes) is 1. The lowest BCUT2D eigenvalue weighted by Gasteiger charge is -2.27. The minimum Gasteiger partial charge on any atom is -0.494 e. The van der Waals surface area contributed by atoms with Crippen LogP contribution in [0.3, 0.4) is 0 Å². The fourth-order valence-corrected chi connectivity index (χ4v) is 4.69. The molecule has 1 aliphatic heterocycles. The number of amides is 2. The van der Waals surface area contributed by atoms with E-state index in [0.29, 0.717) is 31.3 Å². The molecule has 12 heteroatoms. The molecule has 0 saturated carbocycles. The predicted molar refractivity (Wildman–Crippen MR) is 166 cm³/mol. The zero-order valence-electron chi connectivity index (χ0n) is 26.6. The Morgan fingerprint density at radius 1 is 1.00 bits per heavy atom. The molecule has 0 radical (unpaired) electrons. The molecule has 238 valence electrons. The van der Waals surface area contributed by atoms with Crippen molar-refractivity contribution in [2.24, 2.45) is 4.99 Å². The molecular formula is C32H43N5O7. The SMILES string of the molecule is COCCCCOc1ccc2cc(-c3noc([C@@H]4CCCN4/C(=N/C(=O)OC(C)(C)C)NC(=O)OC(C)(C)C)n3)ccc2c1. The van der Waals surface area contributed by atoms with Gasteiger partial charge in [-0.3, -0.25) is 5.32 Å². The minimum absolute atomic E-state index is 0.00169. The lowest BCUT2D eigenvalue weighted by atomic mass is 10.1. The number of methoxy groups -OCH3 is 1. The minimum atomic E-state index is -0.837. The van der Waals surface area contributed by atoms with Crippen molar-refractivity contribution in [3.63, 3.8) is 0 Å². The first-order chi connectivity index (χ1) is 20.8. The molecule has 1 aliphatic rings. The van der Waals surface area contributed by atoms with Crippen molar-refractivity contribution in [3.05, 3.63) is 42.3 Å². The van der Waals surface area contributed by atoms with Crippen LogP contribution in [0, 0.1) is 0 Å². The Morgan fingerprint density at radius 3 is 2.43 bits per heavy atom. The van der Waals surface area contributed by atoms with Crippen molar-refractivity contribution < 1.29 is 33.1 Å². The second kappa shape index (κ2) is 14.1. The molecule has 4 rings (SSSR count). The van der Waals surface area contributed by atoms with Crippen molar-refractivity contribution >= 4 is 28.9 Å². The van der Waals surface area contributed by atoms with E-state index in [-0.39, 0.29) is 5.96 Å². The maximum Gasteiger partial charge on any atom is 0.437 e.